The van der Waals surface area contributed by atoms with Gasteiger partial charge in [-0.25, -0.2) is 4.79 Å². The minimum Gasteiger partial charge on any atom is -0.497 e. The molecule has 0 aromatic heterocycles. The van der Waals surface area contributed by atoms with Gasteiger partial charge in [-0.3, -0.25) is 15.0 Å². The van der Waals surface area contributed by atoms with Crippen LogP contribution in [0.5, 0.6) is 17.2 Å². The van der Waals surface area contributed by atoms with E-state index in [1.54, 1.807) is 37.3 Å². The van der Waals surface area contributed by atoms with E-state index in [1.165, 1.54) is 26.4 Å². The van der Waals surface area contributed by atoms with Crippen LogP contribution in [-0.2, 0) is 10.3 Å². The molecular formula is C21H23N3O6. The quantitative estimate of drug-likeness (QED) is 0.674. The van der Waals surface area contributed by atoms with Crippen LogP contribution in [0.25, 0.3) is 0 Å². The molecule has 1 aliphatic heterocycles. The Balaban J connectivity index is 1.82. The van der Waals surface area contributed by atoms with Crippen molar-refractivity contribution in [3.63, 3.8) is 0 Å². The fourth-order valence-electron chi connectivity index (χ4n) is 3.12. The largest absolute Gasteiger partial charge is 0.497 e. The molecule has 2 N–H and O–H groups in total. The lowest BCUT2D eigenvalue weighted by atomic mass is 9.92. The Hall–Kier alpha value is -3.75. The Morgan fingerprint density at radius 2 is 1.87 bits per heavy atom. The van der Waals surface area contributed by atoms with E-state index >= 15 is 0 Å². The number of methoxy groups -OCH3 is 2. The summed E-state index contributed by atoms with van der Waals surface area (Å²) >= 11 is 0. The molecule has 2 aromatic carbocycles. The van der Waals surface area contributed by atoms with E-state index in [9.17, 15) is 14.4 Å². The second kappa shape index (κ2) is 8.32. The molecule has 1 heterocycles. The first-order valence-corrected chi connectivity index (χ1v) is 9.27. The van der Waals surface area contributed by atoms with Crippen molar-refractivity contribution in [1.29, 1.82) is 0 Å². The van der Waals surface area contributed by atoms with E-state index in [-0.39, 0.29) is 5.56 Å². The number of hydrazine groups is 1. The van der Waals surface area contributed by atoms with Gasteiger partial charge in [-0.15, -0.1) is 0 Å². The van der Waals surface area contributed by atoms with Crippen molar-refractivity contribution in [2.75, 3.05) is 20.8 Å². The molecule has 1 saturated heterocycles. The van der Waals surface area contributed by atoms with E-state index < -0.39 is 23.4 Å². The highest BCUT2D eigenvalue weighted by Crippen LogP contribution is 2.31. The summed E-state index contributed by atoms with van der Waals surface area (Å²) in [4.78, 5) is 38.1. The second-order valence-electron chi connectivity index (χ2n) is 6.67. The average molecular weight is 413 g/mol. The molecule has 0 aliphatic carbocycles. The number of hydrogen-bond acceptors (Lipinski definition) is 6. The highest BCUT2D eigenvalue weighted by atomic mass is 16.5. The predicted molar refractivity (Wildman–Crippen MR) is 107 cm³/mol. The zero-order valence-corrected chi connectivity index (χ0v) is 17.1. The summed E-state index contributed by atoms with van der Waals surface area (Å²) in [6.45, 7) is 3.83. The predicted octanol–water partition coefficient (Wildman–Crippen LogP) is 2.21. The van der Waals surface area contributed by atoms with Crippen molar-refractivity contribution < 1.29 is 28.6 Å². The fraction of sp³-hybridized carbons (Fsp3) is 0.286. The van der Waals surface area contributed by atoms with Crippen molar-refractivity contribution in [2.45, 2.75) is 19.4 Å². The number of amides is 4. The minimum absolute atomic E-state index is 0.200. The lowest BCUT2D eigenvalue weighted by Crippen LogP contribution is -2.47. The van der Waals surface area contributed by atoms with Gasteiger partial charge in [-0.1, -0.05) is 12.1 Å². The molecule has 0 unspecified atom stereocenters. The zero-order valence-electron chi connectivity index (χ0n) is 17.1. The third-order valence-corrected chi connectivity index (χ3v) is 4.78. The molecule has 0 radical (unpaired) electrons. The summed E-state index contributed by atoms with van der Waals surface area (Å²) in [6.07, 6.45) is 0. The van der Waals surface area contributed by atoms with E-state index in [4.69, 9.17) is 14.2 Å². The van der Waals surface area contributed by atoms with Crippen molar-refractivity contribution in [3.05, 3.63) is 53.6 Å². The monoisotopic (exact) mass is 413 g/mol. The van der Waals surface area contributed by atoms with Crippen LogP contribution in [0, 0.1) is 0 Å². The van der Waals surface area contributed by atoms with Gasteiger partial charge in [0.1, 0.15) is 11.3 Å². The Morgan fingerprint density at radius 1 is 1.10 bits per heavy atom. The first-order chi connectivity index (χ1) is 14.3. The minimum atomic E-state index is -1.35. The van der Waals surface area contributed by atoms with E-state index in [2.05, 4.69) is 10.7 Å². The van der Waals surface area contributed by atoms with Crippen LogP contribution in [-0.4, -0.2) is 43.7 Å². The summed E-state index contributed by atoms with van der Waals surface area (Å²) in [5.41, 5.74) is 1.73. The molecule has 2 aromatic rings. The Bertz CT molecular complexity index is 992. The molecule has 4 amide bonds. The van der Waals surface area contributed by atoms with Crippen LogP contribution in [0.2, 0.25) is 0 Å². The summed E-state index contributed by atoms with van der Waals surface area (Å²) in [7, 11) is 2.96. The van der Waals surface area contributed by atoms with Gasteiger partial charge >= 0.3 is 6.03 Å². The number of carbonyl (C=O) groups excluding carboxylic acids is 3. The summed E-state index contributed by atoms with van der Waals surface area (Å²) in [6, 6.07) is 10.6. The van der Waals surface area contributed by atoms with Crippen molar-refractivity contribution in [1.82, 2.24) is 15.8 Å². The van der Waals surface area contributed by atoms with Crippen LogP contribution >= 0.6 is 0 Å². The smallest absolute Gasteiger partial charge is 0.344 e. The first-order valence-electron chi connectivity index (χ1n) is 9.27. The lowest BCUT2D eigenvalue weighted by molar-refractivity contribution is -0.132. The van der Waals surface area contributed by atoms with Crippen LogP contribution in [0.15, 0.2) is 42.5 Å². The molecule has 1 fully saturated rings. The fourth-order valence-corrected chi connectivity index (χ4v) is 3.12. The second-order valence-corrected chi connectivity index (χ2v) is 6.67. The number of imide groups is 1. The van der Waals surface area contributed by atoms with Gasteiger partial charge < -0.3 is 19.5 Å². The molecule has 158 valence electrons. The maximum Gasteiger partial charge on any atom is 0.344 e. The molecule has 1 atom stereocenters. The third kappa shape index (κ3) is 3.73. The van der Waals surface area contributed by atoms with Crippen molar-refractivity contribution in [2.24, 2.45) is 0 Å². The Morgan fingerprint density at radius 3 is 2.53 bits per heavy atom. The topological polar surface area (TPSA) is 106 Å². The standard InChI is InChI=1S/C21H23N3O6/c1-5-30-16-10-9-13(11-17(16)29-4)18(25)23-24-19(26)21(2,22-20(24)27)14-7-6-8-15(12-14)28-3/h6-12H,5H2,1-4H3,(H,22,27)(H,23,25)/t21-/m1/s1. The zero-order chi connectivity index (χ0) is 21.9. The number of urea groups is 1. The molecule has 1 aliphatic rings. The van der Waals surface area contributed by atoms with Crippen LogP contribution in [0.4, 0.5) is 4.79 Å². The number of carbonyl (C=O) groups is 3. The SMILES string of the molecule is CCOc1ccc(C(=O)NN2C(=O)N[C@](C)(c3cccc(OC)c3)C2=O)cc1OC. The average Bonchev–Trinajstić information content (AvgIpc) is 2.98. The van der Waals surface area contributed by atoms with Gasteiger partial charge in [0.05, 0.1) is 20.8 Å². The van der Waals surface area contributed by atoms with Gasteiger partial charge in [0, 0.05) is 5.56 Å². The summed E-state index contributed by atoms with van der Waals surface area (Å²) in [5, 5.41) is 3.30. The molecule has 9 heteroatoms. The maximum atomic E-state index is 13.0. The molecule has 0 spiro atoms. The lowest BCUT2D eigenvalue weighted by Gasteiger charge is -2.22. The van der Waals surface area contributed by atoms with Crippen LogP contribution in [0.1, 0.15) is 29.8 Å². The van der Waals surface area contributed by atoms with Gasteiger partial charge in [-0.05, 0) is 49.7 Å². The molecule has 30 heavy (non-hydrogen) atoms. The third-order valence-electron chi connectivity index (χ3n) is 4.78. The van der Waals surface area contributed by atoms with E-state index in [1.807, 2.05) is 6.92 Å². The van der Waals surface area contributed by atoms with E-state index in [0.717, 1.165) is 0 Å². The number of hydrogen-bond donors (Lipinski definition) is 2. The number of rotatable bonds is 7. The normalized spacial score (nSPS) is 18.1. The molecule has 0 bridgehead atoms. The number of ether oxygens (including phenoxy) is 3. The van der Waals surface area contributed by atoms with Crippen LogP contribution in [0.3, 0.4) is 0 Å². The number of nitrogens with one attached hydrogen (secondary N) is 2. The maximum absolute atomic E-state index is 13.0. The highest BCUT2D eigenvalue weighted by molar-refractivity contribution is 6.09. The van der Waals surface area contributed by atoms with Crippen LogP contribution < -0.4 is 25.0 Å². The Labute approximate surface area is 173 Å². The van der Waals surface area contributed by atoms with Gasteiger partial charge in [0.25, 0.3) is 11.8 Å². The van der Waals surface area contributed by atoms with Crippen molar-refractivity contribution >= 4 is 17.8 Å². The van der Waals surface area contributed by atoms with E-state index in [0.29, 0.717) is 34.4 Å². The van der Waals surface area contributed by atoms with Gasteiger partial charge in [0.15, 0.2) is 11.5 Å². The number of nitrogens with zero attached hydrogens (tertiary/aromatic N) is 1. The summed E-state index contributed by atoms with van der Waals surface area (Å²) in [5.74, 6) is 0.126. The highest BCUT2D eigenvalue weighted by Gasteiger charge is 2.50. The summed E-state index contributed by atoms with van der Waals surface area (Å²) < 4.78 is 15.9. The number of benzene rings is 2. The van der Waals surface area contributed by atoms with Gasteiger partial charge in [0.2, 0.25) is 0 Å². The molecular weight excluding hydrogens is 390 g/mol. The Kier molecular flexibility index (Phi) is 5.81. The van der Waals surface area contributed by atoms with Crippen molar-refractivity contribution in [3.8, 4) is 17.2 Å². The molecule has 0 saturated carbocycles. The first kappa shape index (κ1) is 21.0. The molecule has 9 nitrogen and oxygen atoms in total. The molecule has 3 rings (SSSR count). The van der Waals surface area contributed by atoms with Gasteiger partial charge in [-0.2, -0.15) is 5.01 Å².